The van der Waals surface area contributed by atoms with E-state index in [2.05, 4.69) is 0 Å². The van der Waals surface area contributed by atoms with Gasteiger partial charge in [-0.25, -0.2) is 0 Å². The molecule has 1 rings (SSSR count). The Kier molecular flexibility index (Phi) is 5.31. The summed E-state index contributed by atoms with van der Waals surface area (Å²) < 4.78 is 63.6. The molecule has 0 N–H and O–H groups in total. The van der Waals surface area contributed by atoms with Crippen molar-refractivity contribution < 1.29 is 26.7 Å². The summed E-state index contributed by atoms with van der Waals surface area (Å²) in [5.74, 6) is -7.60. The zero-order valence-electron chi connectivity index (χ0n) is 11.6. The third-order valence-electron chi connectivity index (χ3n) is 3.20. The van der Waals surface area contributed by atoms with Crippen LogP contribution < -0.4 is 0 Å². The van der Waals surface area contributed by atoms with E-state index in [4.69, 9.17) is 0 Å². The van der Waals surface area contributed by atoms with E-state index in [-0.39, 0.29) is 13.0 Å². The van der Waals surface area contributed by atoms with Crippen LogP contribution in [0.2, 0.25) is 0 Å². The molecule has 1 amide bonds. The van der Waals surface area contributed by atoms with Crippen LogP contribution in [0.4, 0.5) is 22.0 Å². The predicted molar refractivity (Wildman–Crippen MR) is 67.7 cm³/mol. The van der Waals surface area contributed by atoms with Gasteiger partial charge in [0.15, 0.2) is 0 Å². The first-order valence-corrected chi connectivity index (χ1v) is 6.40. The summed E-state index contributed by atoms with van der Waals surface area (Å²) in [6.07, 6.45) is -5.63. The minimum atomic E-state index is -5.90. The number of rotatable bonds is 5. The molecule has 0 aromatic heterocycles. The lowest BCUT2D eigenvalue weighted by Gasteiger charge is -2.32. The lowest BCUT2D eigenvalue weighted by atomic mass is 10.1. The molecule has 21 heavy (non-hydrogen) atoms. The minimum Gasteiger partial charge on any atom is -0.330 e. The van der Waals surface area contributed by atoms with Crippen molar-refractivity contribution >= 4 is 5.91 Å². The SMILES string of the molecule is CCC(C)N(Cc1ccccc1)C(=O)C(F)(F)C(F)(F)F. The summed E-state index contributed by atoms with van der Waals surface area (Å²) >= 11 is 0. The predicted octanol–water partition coefficient (Wildman–Crippen LogP) is 4.01. The molecule has 0 fully saturated rings. The maximum absolute atomic E-state index is 13.3. The van der Waals surface area contributed by atoms with Crippen molar-refractivity contribution in [3.63, 3.8) is 0 Å². The Bertz CT molecular complexity index is 472. The van der Waals surface area contributed by atoms with E-state index in [0.717, 1.165) is 0 Å². The second-order valence-electron chi connectivity index (χ2n) is 4.75. The van der Waals surface area contributed by atoms with Crippen molar-refractivity contribution in [2.45, 2.75) is 45.0 Å². The molecule has 0 aliphatic carbocycles. The molecular weight excluding hydrogens is 293 g/mol. The number of alkyl halides is 5. The number of carbonyl (C=O) groups excluding carboxylic acids is 1. The molecular formula is C14H16F5NO. The molecule has 1 unspecified atom stereocenters. The van der Waals surface area contributed by atoms with Gasteiger partial charge < -0.3 is 4.90 Å². The summed E-state index contributed by atoms with van der Waals surface area (Å²) in [4.78, 5) is 12.2. The largest absolute Gasteiger partial charge is 0.463 e. The Balaban J connectivity index is 3.06. The molecule has 0 radical (unpaired) electrons. The summed E-state index contributed by atoms with van der Waals surface area (Å²) in [5.41, 5.74) is 0.490. The quantitative estimate of drug-likeness (QED) is 0.753. The second kappa shape index (κ2) is 6.41. The van der Waals surface area contributed by atoms with Crippen LogP contribution in [-0.2, 0) is 11.3 Å². The molecule has 0 aliphatic heterocycles. The minimum absolute atomic E-state index is 0.270. The van der Waals surface area contributed by atoms with E-state index in [1.807, 2.05) is 0 Å². The zero-order chi connectivity index (χ0) is 16.3. The van der Waals surface area contributed by atoms with Crippen molar-refractivity contribution in [1.82, 2.24) is 4.90 Å². The fraction of sp³-hybridized carbons (Fsp3) is 0.500. The number of nitrogens with zero attached hydrogens (tertiary/aromatic N) is 1. The average Bonchev–Trinajstić information content (AvgIpc) is 2.43. The molecule has 0 saturated carbocycles. The summed E-state index contributed by atoms with van der Waals surface area (Å²) in [7, 11) is 0. The van der Waals surface area contributed by atoms with E-state index in [9.17, 15) is 26.7 Å². The summed E-state index contributed by atoms with van der Waals surface area (Å²) in [6, 6.07) is 7.32. The number of hydrogen-bond donors (Lipinski definition) is 0. The zero-order valence-corrected chi connectivity index (χ0v) is 11.6. The maximum atomic E-state index is 13.3. The maximum Gasteiger partial charge on any atom is 0.463 e. The fourth-order valence-electron chi connectivity index (χ4n) is 1.73. The molecule has 2 nitrogen and oxygen atoms in total. The van der Waals surface area contributed by atoms with Gasteiger partial charge >= 0.3 is 18.0 Å². The van der Waals surface area contributed by atoms with Crippen molar-refractivity contribution in [3.05, 3.63) is 35.9 Å². The van der Waals surface area contributed by atoms with Crippen LogP contribution in [0.1, 0.15) is 25.8 Å². The van der Waals surface area contributed by atoms with Crippen molar-refractivity contribution in [1.29, 1.82) is 0 Å². The van der Waals surface area contributed by atoms with Gasteiger partial charge in [0.05, 0.1) is 0 Å². The Morgan fingerprint density at radius 3 is 2.10 bits per heavy atom. The molecule has 0 spiro atoms. The van der Waals surface area contributed by atoms with Crippen molar-refractivity contribution in [3.8, 4) is 0 Å². The summed E-state index contributed by atoms with van der Waals surface area (Å²) in [5, 5.41) is 0. The van der Waals surface area contributed by atoms with Gasteiger partial charge in [-0.15, -0.1) is 0 Å². The summed E-state index contributed by atoms with van der Waals surface area (Å²) in [6.45, 7) is 2.76. The van der Waals surface area contributed by atoms with Gasteiger partial charge in [0.1, 0.15) is 0 Å². The standard InChI is InChI=1S/C14H16F5NO/c1-3-10(2)20(9-11-7-5-4-6-8-11)12(21)13(15,16)14(17,18)19/h4-8,10H,3,9H2,1-2H3. The van der Waals surface area contributed by atoms with Gasteiger partial charge in [-0.3, -0.25) is 4.79 Å². The average molecular weight is 309 g/mol. The number of halogens is 5. The smallest absolute Gasteiger partial charge is 0.330 e. The Morgan fingerprint density at radius 1 is 1.14 bits per heavy atom. The van der Waals surface area contributed by atoms with Gasteiger partial charge in [0, 0.05) is 12.6 Å². The van der Waals surface area contributed by atoms with Crippen LogP contribution in [-0.4, -0.2) is 28.9 Å². The van der Waals surface area contributed by atoms with Gasteiger partial charge in [-0.1, -0.05) is 37.3 Å². The monoisotopic (exact) mass is 309 g/mol. The highest BCUT2D eigenvalue weighted by molar-refractivity contribution is 5.84. The molecule has 0 bridgehead atoms. The van der Waals surface area contributed by atoms with Gasteiger partial charge in [0.2, 0.25) is 0 Å². The van der Waals surface area contributed by atoms with Crippen LogP contribution in [0.15, 0.2) is 30.3 Å². The first-order chi connectivity index (χ1) is 9.61. The van der Waals surface area contributed by atoms with E-state index in [1.165, 1.54) is 6.92 Å². The van der Waals surface area contributed by atoms with Gasteiger partial charge in [0.25, 0.3) is 0 Å². The van der Waals surface area contributed by atoms with E-state index < -0.39 is 24.0 Å². The molecule has 1 aromatic carbocycles. The molecule has 118 valence electrons. The van der Waals surface area contributed by atoms with E-state index in [1.54, 1.807) is 37.3 Å². The van der Waals surface area contributed by atoms with Crippen LogP contribution in [0.25, 0.3) is 0 Å². The first kappa shape index (κ1) is 17.4. The number of benzene rings is 1. The third-order valence-corrected chi connectivity index (χ3v) is 3.20. The molecule has 7 heteroatoms. The van der Waals surface area contributed by atoms with Crippen molar-refractivity contribution in [2.24, 2.45) is 0 Å². The second-order valence-corrected chi connectivity index (χ2v) is 4.75. The van der Waals surface area contributed by atoms with Gasteiger partial charge in [-0.2, -0.15) is 22.0 Å². The number of amides is 1. The Labute approximate surface area is 119 Å². The molecule has 1 aromatic rings. The highest BCUT2D eigenvalue weighted by Crippen LogP contribution is 2.37. The number of hydrogen-bond acceptors (Lipinski definition) is 1. The highest BCUT2D eigenvalue weighted by Gasteiger charge is 2.64. The third kappa shape index (κ3) is 3.92. The van der Waals surface area contributed by atoms with Gasteiger partial charge in [-0.05, 0) is 18.9 Å². The molecule has 0 aliphatic rings. The normalized spacial score (nSPS) is 13.9. The number of carbonyl (C=O) groups is 1. The first-order valence-electron chi connectivity index (χ1n) is 6.40. The van der Waals surface area contributed by atoms with Crippen molar-refractivity contribution in [2.75, 3.05) is 0 Å². The van der Waals surface area contributed by atoms with Crippen LogP contribution in [0.5, 0.6) is 0 Å². The Hall–Kier alpha value is -1.66. The fourth-order valence-corrected chi connectivity index (χ4v) is 1.73. The van der Waals surface area contributed by atoms with Crippen LogP contribution in [0, 0.1) is 0 Å². The highest BCUT2D eigenvalue weighted by atomic mass is 19.4. The van der Waals surface area contributed by atoms with Crippen LogP contribution >= 0.6 is 0 Å². The van der Waals surface area contributed by atoms with E-state index >= 15 is 0 Å². The molecule has 0 heterocycles. The Morgan fingerprint density at radius 2 is 1.67 bits per heavy atom. The topological polar surface area (TPSA) is 20.3 Å². The van der Waals surface area contributed by atoms with Crippen LogP contribution in [0.3, 0.4) is 0 Å². The lowest BCUT2D eigenvalue weighted by Crippen LogP contribution is -2.54. The molecule has 0 saturated heterocycles. The van der Waals surface area contributed by atoms with E-state index in [0.29, 0.717) is 10.5 Å². The molecule has 1 atom stereocenters. The lowest BCUT2D eigenvalue weighted by molar-refractivity contribution is -0.275.